The standard InChI is InChI=1S/C44H30O/c1-26-10-8-19-37-39(23-29-13-9-18-31(29)42(26)37)44-35-16-6-4-14-33(35)43(34-15-5-7-17-36(34)44)30-20-21-32-38-22-27-11-2-3-12-28(27)24-41(38)45-40(32)25-30/h2-9,11-17,19-26H,10,18H2,1H3. The Morgan fingerprint density at radius 2 is 1.24 bits per heavy atom. The fourth-order valence-electron chi connectivity index (χ4n) is 8.27. The fraction of sp³-hybridized carbons (Fsp3) is 0.0909. The van der Waals surface area contributed by atoms with Gasteiger partial charge in [0.25, 0.3) is 0 Å². The zero-order valence-corrected chi connectivity index (χ0v) is 25.1. The van der Waals surface area contributed by atoms with Crippen LogP contribution in [0.2, 0.25) is 0 Å². The molecule has 1 aromatic heterocycles. The molecule has 0 N–H and O–H groups in total. The van der Waals surface area contributed by atoms with Crippen molar-refractivity contribution in [2.45, 2.75) is 25.7 Å². The van der Waals surface area contributed by atoms with Gasteiger partial charge >= 0.3 is 0 Å². The molecule has 45 heavy (non-hydrogen) atoms. The number of benzene rings is 7. The lowest BCUT2D eigenvalue weighted by Crippen LogP contribution is -2.07. The monoisotopic (exact) mass is 574 g/mol. The van der Waals surface area contributed by atoms with Gasteiger partial charge in [-0.3, -0.25) is 0 Å². The van der Waals surface area contributed by atoms with Gasteiger partial charge in [0.2, 0.25) is 0 Å². The van der Waals surface area contributed by atoms with Crippen molar-refractivity contribution in [1.29, 1.82) is 0 Å². The molecule has 2 aliphatic carbocycles. The smallest absolute Gasteiger partial charge is 0.136 e. The molecule has 1 heterocycles. The molecule has 7 aromatic carbocycles. The molecule has 0 radical (unpaired) electrons. The first-order chi connectivity index (χ1) is 22.2. The second-order valence-corrected chi connectivity index (χ2v) is 12.8. The zero-order chi connectivity index (χ0) is 29.6. The average Bonchev–Trinajstić information content (AvgIpc) is 3.69. The summed E-state index contributed by atoms with van der Waals surface area (Å²) >= 11 is 0. The van der Waals surface area contributed by atoms with Gasteiger partial charge in [-0.25, -0.2) is 0 Å². The third-order valence-electron chi connectivity index (χ3n) is 10.3. The van der Waals surface area contributed by atoms with Gasteiger partial charge in [0.1, 0.15) is 11.2 Å². The Morgan fingerprint density at radius 1 is 0.578 bits per heavy atom. The zero-order valence-electron chi connectivity index (χ0n) is 25.1. The van der Waals surface area contributed by atoms with Crippen LogP contribution in [0.25, 0.3) is 88.7 Å². The van der Waals surface area contributed by atoms with Crippen LogP contribution in [0.3, 0.4) is 0 Å². The number of allylic oxidation sites excluding steroid dienone is 2. The summed E-state index contributed by atoms with van der Waals surface area (Å²) in [5.74, 6) is 0.517. The highest BCUT2D eigenvalue weighted by Crippen LogP contribution is 2.49. The summed E-state index contributed by atoms with van der Waals surface area (Å²) in [4.78, 5) is 0. The number of hydrogen-bond donors (Lipinski definition) is 0. The summed E-state index contributed by atoms with van der Waals surface area (Å²) in [7, 11) is 0. The van der Waals surface area contributed by atoms with Crippen LogP contribution in [0.4, 0.5) is 0 Å². The molecule has 1 atom stereocenters. The molecule has 212 valence electrons. The Morgan fingerprint density at radius 3 is 2.00 bits per heavy atom. The van der Waals surface area contributed by atoms with Crippen LogP contribution in [-0.2, 0) is 6.42 Å². The first-order valence-corrected chi connectivity index (χ1v) is 16.0. The molecule has 0 bridgehead atoms. The summed E-state index contributed by atoms with van der Waals surface area (Å²) < 4.78 is 6.54. The number of rotatable bonds is 2. The number of furan rings is 1. The van der Waals surface area contributed by atoms with Crippen molar-refractivity contribution in [3.63, 3.8) is 0 Å². The van der Waals surface area contributed by atoms with Gasteiger partial charge in [-0.05, 0) is 126 Å². The second-order valence-electron chi connectivity index (χ2n) is 12.8. The summed E-state index contributed by atoms with van der Waals surface area (Å²) in [6, 6.07) is 40.2. The predicted molar refractivity (Wildman–Crippen MR) is 192 cm³/mol. The van der Waals surface area contributed by atoms with E-state index in [-0.39, 0.29) is 0 Å². The maximum atomic E-state index is 6.54. The van der Waals surface area contributed by atoms with Gasteiger partial charge in [-0.15, -0.1) is 0 Å². The molecule has 10 rings (SSSR count). The van der Waals surface area contributed by atoms with Crippen molar-refractivity contribution in [3.8, 4) is 22.3 Å². The van der Waals surface area contributed by atoms with E-state index in [4.69, 9.17) is 4.42 Å². The molecular formula is C44H30O. The van der Waals surface area contributed by atoms with Gasteiger partial charge in [-0.2, -0.15) is 0 Å². The van der Waals surface area contributed by atoms with Crippen molar-refractivity contribution >= 4 is 66.4 Å². The van der Waals surface area contributed by atoms with Crippen molar-refractivity contribution in [2.24, 2.45) is 0 Å². The van der Waals surface area contributed by atoms with Gasteiger partial charge in [0.15, 0.2) is 0 Å². The van der Waals surface area contributed by atoms with E-state index in [0.29, 0.717) is 5.92 Å². The minimum absolute atomic E-state index is 0.517. The topological polar surface area (TPSA) is 13.1 Å². The van der Waals surface area contributed by atoms with E-state index < -0.39 is 0 Å². The molecule has 0 amide bonds. The SMILES string of the molecule is CC1CC=Cc2c(-c3c4ccccc4c(-c4ccc5c(c4)oc4cc6ccccc6cc45)c4ccccc34)cc3c(c21)CC=C3. The van der Waals surface area contributed by atoms with E-state index in [9.17, 15) is 0 Å². The average molecular weight is 575 g/mol. The third-order valence-corrected chi connectivity index (χ3v) is 10.3. The lowest BCUT2D eigenvalue weighted by Gasteiger charge is -2.26. The van der Waals surface area contributed by atoms with E-state index in [1.165, 1.54) is 76.8 Å². The first kappa shape index (κ1) is 25.0. The van der Waals surface area contributed by atoms with Gasteiger partial charge < -0.3 is 4.42 Å². The Labute approximate surface area is 261 Å². The summed E-state index contributed by atoms with van der Waals surface area (Å²) in [6.45, 7) is 2.39. The minimum atomic E-state index is 0.517. The maximum Gasteiger partial charge on any atom is 0.136 e. The van der Waals surface area contributed by atoms with Gasteiger partial charge in [-0.1, -0.05) is 110 Å². The van der Waals surface area contributed by atoms with E-state index >= 15 is 0 Å². The second kappa shape index (κ2) is 9.30. The highest BCUT2D eigenvalue weighted by atomic mass is 16.3. The molecule has 1 heteroatoms. The molecular weight excluding hydrogens is 544 g/mol. The minimum Gasteiger partial charge on any atom is -0.456 e. The van der Waals surface area contributed by atoms with Crippen LogP contribution in [-0.4, -0.2) is 0 Å². The number of fused-ring (bicyclic) bond motifs is 9. The van der Waals surface area contributed by atoms with Gasteiger partial charge in [0.05, 0.1) is 0 Å². The fourth-order valence-corrected chi connectivity index (χ4v) is 8.27. The molecule has 0 saturated heterocycles. The lowest BCUT2D eigenvalue weighted by atomic mass is 9.77. The van der Waals surface area contributed by atoms with Crippen molar-refractivity contribution < 1.29 is 4.42 Å². The van der Waals surface area contributed by atoms with Gasteiger partial charge in [0, 0.05) is 10.8 Å². The van der Waals surface area contributed by atoms with Crippen LogP contribution in [0.15, 0.2) is 126 Å². The van der Waals surface area contributed by atoms with Crippen LogP contribution < -0.4 is 0 Å². The molecule has 2 aliphatic rings. The van der Waals surface area contributed by atoms with Crippen LogP contribution in [0.1, 0.15) is 41.5 Å². The molecule has 0 aliphatic heterocycles. The highest BCUT2D eigenvalue weighted by Gasteiger charge is 2.26. The normalized spacial score (nSPS) is 15.5. The summed E-state index contributed by atoms with van der Waals surface area (Å²) in [5, 5.41) is 9.87. The molecule has 0 spiro atoms. The van der Waals surface area contributed by atoms with Crippen LogP contribution in [0, 0.1) is 0 Å². The van der Waals surface area contributed by atoms with Crippen LogP contribution >= 0.6 is 0 Å². The van der Waals surface area contributed by atoms with E-state index in [0.717, 1.165) is 34.8 Å². The van der Waals surface area contributed by atoms with E-state index in [2.05, 4.69) is 140 Å². The Hall–Kier alpha value is -5.40. The number of hydrogen-bond acceptors (Lipinski definition) is 1. The Kier molecular flexibility index (Phi) is 5.16. The molecule has 0 saturated carbocycles. The molecule has 1 nitrogen and oxygen atoms in total. The molecule has 8 aromatic rings. The Balaban J connectivity index is 1.28. The summed E-state index contributed by atoms with van der Waals surface area (Å²) in [5.41, 5.74) is 12.8. The van der Waals surface area contributed by atoms with Crippen molar-refractivity contribution in [1.82, 2.24) is 0 Å². The van der Waals surface area contributed by atoms with Crippen LogP contribution in [0.5, 0.6) is 0 Å². The van der Waals surface area contributed by atoms with E-state index in [1.54, 1.807) is 0 Å². The molecule has 1 unspecified atom stereocenters. The molecule has 0 fully saturated rings. The maximum absolute atomic E-state index is 6.54. The Bertz CT molecular complexity index is 2550. The lowest BCUT2D eigenvalue weighted by molar-refractivity contribution is 0.669. The highest BCUT2D eigenvalue weighted by molar-refractivity contribution is 6.23. The largest absolute Gasteiger partial charge is 0.456 e. The van der Waals surface area contributed by atoms with Crippen molar-refractivity contribution in [2.75, 3.05) is 0 Å². The third kappa shape index (κ3) is 3.56. The summed E-state index contributed by atoms with van der Waals surface area (Å²) in [6.07, 6.45) is 11.6. The van der Waals surface area contributed by atoms with E-state index in [1.807, 2.05) is 0 Å². The predicted octanol–water partition coefficient (Wildman–Crippen LogP) is 12.5. The first-order valence-electron chi connectivity index (χ1n) is 16.0. The van der Waals surface area contributed by atoms with Crippen molar-refractivity contribution in [3.05, 3.63) is 144 Å². The quantitative estimate of drug-likeness (QED) is 0.187.